The van der Waals surface area contributed by atoms with E-state index in [4.69, 9.17) is 10.5 Å². The van der Waals surface area contributed by atoms with Crippen LogP contribution in [0.4, 0.5) is 14.5 Å². The molecule has 4 heteroatoms. The van der Waals surface area contributed by atoms with E-state index in [1.165, 1.54) is 24.3 Å². The minimum atomic E-state index is -0.408. The molecule has 0 aliphatic carbocycles. The SMILES string of the molecule is Cc1cc(OCc2c(N)cccc2F)ccc1F. The van der Waals surface area contributed by atoms with Gasteiger partial charge in [-0.15, -0.1) is 0 Å². The largest absolute Gasteiger partial charge is 0.489 e. The van der Waals surface area contributed by atoms with Crippen LogP contribution in [0.3, 0.4) is 0 Å². The number of hydrogen-bond acceptors (Lipinski definition) is 2. The molecule has 0 heterocycles. The highest BCUT2D eigenvalue weighted by Crippen LogP contribution is 2.20. The number of aryl methyl sites for hydroxylation is 1. The summed E-state index contributed by atoms with van der Waals surface area (Å²) in [6.45, 7) is 1.66. The van der Waals surface area contributed by atoms with E-state index in [9.17, 15) is 8.78 Å². The fourth-order valence-electron chi connectivity index (χ4n) is 1.59. The molecule has 0 atom stereocenters. The molecule has 0 saturated carbocycles. The van der Waals surface area contributed by atoms with Crippen LogP contribution < -0.4 is 10.5 Å². The summed E-state index contributed by atoms with van der Waals surface area (Å²) in [4.78, 5) is 0. The zero-order chi connectivity index (χ0) is 13.1. The van der Waals surface area contributed by atoms with Crippen LogP contribution in [-0.2, 0) is 6.61 Å². The quantitative estimate of drug-likeness (QED) is 0.846. The lowest BCUT2D eigenvalue weighted by Crippen LogP contribution is -2.03. The van der Waals surface area contributed by atoms with E-state index < -0.39 is 5.82 Å². The fraction of sp³-hybridized carbons (Fsp3) is 0.143. The van der Waals surface area contributed by atoms with E-state index in [0.717, 1.165) is 0 Å². The highest BCUT2D eigenvalue weighted by Gasteiger charge is 2.07. The van der Waals surface area contributed by atoms with Crippen molar-refractivity contribution in [3.05, 3.63) is 59.2 Å². The summed E-state index contributed by atoms with van der Waals surface area (Å²) in [6, 6.07) is 8.85. The molecule has 0 fully saturated rings. The molecule has 2 N–H and O–H groups in total. The topological polar surface area (TPSA) is 35.2 Å². The second kappa shape index (κ2) is 5.04. The fourth-order valence-corrected chi connectivity index (χ4v) is 1.59. The van der Waals surface area contributed by atoms with Gasteiger partial charge in [-0.3, -0.25) is 0 Å². The monoisotopic (exact) mass is 249 g/mol. The van der Waals surface area contributed by atoms with Crippen LogP contribution in [0.15, 0.2) is 36.4 Å². The molecule has 2 rings (SSSR count). The zero-order valence-corrected chi connectivity index (χ0v) is 9.91. The molecule has 18 heavy (non-hydrogen) atoms. The van der Waals surface area contributed by atoms with Gasteiger partial charge in [-0.1, -0.05) is 6.07 Å². The van der Waals surface area contributed by atoms with Crippen molar-refractivity contribution in [3.8, 4) is 5.75 Å². The lowest BCUT2D eigenvalue weighted by Gasteiger charge is -2.10. The summed E-state index contributed by atoms with van der Waals surface area (Å²) in [5, 5.41) is 0. The number of nitrogen functional groups attached to an aromatic ring is 1. The Kier molecular flexibility index (Phi) is 3.46. The normalized spacial score (nSPS) is 10.4. The average Bonchev–Trinajstić information content (AvgIpc) is 2.33. The molecular weight excluding hydrogens is 236 g/mol. The number of ether oxygens (including phenoxy) is 1. The Hall–Kier alpha value is -2.10. The Morgan fingerprint density at radius 1 is 1.11 bits per heavy atom. The molecule has 2 aromatic carbocycles. The van der Waals surface area contributed by atoms with Crippen molar-refractivity contribution in [3.63, 3.8) is 0 Å². The van der Waals surface area contributed by atoms with Crippen molar-refractivity contribution in [1.29, 1.82) is 0 Å². The van der Waals surface area contributed by atoms with E-state index in [2.05, 4.69) is 0 Å². The smallest absolute Gasteiger partial charge is 0.131 e. The number of hydrogen-bond donors (Lipinski definition) is 1. The van der Waals surface area contributed by atoms with Gasteiger partial charge in [0.15, 0.2) is 0 Å². The van der Waals surface area contributed by atoms with Crippen molar-refractivity contribution in [2.75, 3.05) is 5.73 Å². The van der Waals surface area contributed by atoms with Crippen molar-refractivity contribution < 1.29 is 13.5 Å². The zero-order valence-electron chi connectivity index (χ0n) is 9.91. The van der Waals surface area contributed by atoms with Gasteiger partial charge in [0.05, 0.1) is 0 Å². The van der Waals surface area contributed by atoms with Crippen molar-refractivity contribution in [2.24, 2.45) is 0 Å². The lowest BCUT2D eigenvalue weighted by molar-refractivity contribution is 0.300. The van der Waals surface area contributed by atoms with Crippen molar-refractivity contribution in [2.45, 2.75) is 13.5 Å². The summed E-state index contributed by atoms with van der Waals surface area (Å²) in [6.07, 6.45) is 0. The number of rotatable bonds is 3. The maximum Gasteiger partial charge on any atom is 0.131 e. The standard InChI is InChI=1S/C14H13F2NO/c1-9-7-10(5-6-12(9)15)18-8-11-13(16)3-2-4-14(11)17/h2-7H,8,17H2,1H3. The maximum atomic E-state index is 13.5. The minimum absolute atomic E-state index is 0.0174. The highest BCUT2D eigenvalue weighted by atomic mass is 19.1. The van der Waals surface area contributed by atoms with Crippen LogP contribution in [0.25, 0.3) is 0 Å². The Bertz CT molecular complexity index is 549. The molecular formula is C14H13F2NO. The lowest BCUT2D eigenvalue weighted by atomic mass is 10.2. The predicted octanol–water partition coefficient (Wildman–Crippen LogP) is 3.43. The summed E-state index contributed by atoms with van der Waals surface area (Å²) in [5.41, 5.74) is 6.79. The molecule has 0 aromatic heterocycles. The van der Waals surface area contributed by atoms with Gasteiger partial charge in [-0.25, -0.2) is 8.78 Å². The van der Waals surface area contributed by atoms with Crippen LogP contribution in [0.5, 0.6) is 5.75 Å². The molecule has 2 nitrogen and oxygen atoms in total. The predicted molar refractivity (Wildman–Crippen MR) is 66.3 cm³/mol. The first kappa shape index (κ1) is 12.4. The Morgan fingerprint density at radius 2 is 1.89 bits per heavy atom. The van der Waals surface area contributed by atoms with Crippen LogP contribution in [0, 0.1) is 18.6 Å². The van der Waals surface area contributed by atoms with Gasteiger partial charge in [0.1, 0.15) is 24.0 Å². The van der Waals surface area contributed by atoms with Crippen LogP contribution in [0.2, 0.25) is 0 Å². The molecule has 0 spiro atoms. The molecule has 0 aliphatic rings. The molecule has 0 amide bonds. The second-order valence-electron chi connectivity index (χ2n) is 4.01. The molecule has 0 saturated heterocycles. The third-order valence-electron chi connectivity index (χ3n) is 2.67. The Labute approximate surface area is 104 Å². The average molecular weight is 249 g/mol. The molecule has 2 aromatic rings. The van der Waals surface area contributed by atoms with E-state index in [1.54, 1.807) is 19.1 Å². The summed E-state index contributed by atoms with van der Waals surface area (Å²) < 4.78 is 31.9. The van der Waals surface area contributed by atoms with Gasteiger partial charge in [0.25, 0.3) is 0 Å². The highest BCUT2D eigenvalue weighted by molar-refractivity contribution is 5.47. The number of benzene rings is 2. The Morgan fingerprint density at radius 3 is 2.56 bits per heavy atom. The first-order chi connectivity index (χ1) is 8.58. The number of nitrogens with two attached hydrogens (primary N) is 1. The molecule has 94 valence electrons. The van der Waals surface area contributed by atoms with Gasteiger partial charge in [-0.2, -0.15) is 0 Å². The van der Waals surface area contributed by atoms with Gasteiger partial charge in [-0.05, 0) is 42.8 Å². The summed E-state index contributed by atoms with van der Waals surface area (Å²) in [5.74, 6) is -0.224. The molecule has 0 aliphatic heterocycles. The van der Waals surface area contributed by atoms with E-state index in [0.29, 0.717) is 22.6 Å². The van der Waals surface area contributed by atoms with Crippen LogP contribution >= 0.6 is 0 Å². The number of anilines is 1. The Balaban J connectivity index is 2.14. The van der Waals surface area contributed by atoms with Gasteiger partial charge in [0, 0.05) is 11.3 Å². The molecule has 0 bridgehead atoms. The first-order valence-electron chi connectivity index (χ1n) is 5.50. The van der Waals surface area contributed by atoms with Gasteiger partial charge in [0.2, 0.25) is 0 Å². The van der Waals surface area contributed by atoms with Gasteiger partial charge < -0.3 is 10.5 Å². The second-order valence-corrected chi connectivity index (χ2v) is 4.01. The van der Waals surface area contributed by atoms with Gasteiger partial charge >= 0.3 is 0 Å². The van der Waals surface area contributed by atoms with Crippen molar-refractivity contribution in [1.82, 2.24) is 0 Å². The molecule has 0 radical (unpaired) electrons. The minimum Gasteiger partial charge on any atom is -0.489 e. The van der Waals surface area contributed by atoms with E-state index in [-0.39, 0.29) is 12.4 Å². The van der Waals surface area contributed by atoms with Crippen LogP contribution in [0.1, 0.15) is 11.1 Å². The maximum absolute atomic E-state index is 13.5. The number of halogens is 2. The third-order valence-corrected chi connectivity index (χ3v) is 2.67. The molecule has 0 unspecified atom stereocenters. The summed E-state index contributed by atoms with van der Waals surface area (Å²) >= 11 is 0. The van der Waals surface area contributed by atoms with E-state index >= 15 is 0 Å². The summed E-state index contributed by atoms with van der Waals surface area (Å²) in [7, 11) is 0. The van der Waals surface area contributed by atoms with Crippen molar-refractivity contribution >= 4 is 5.69 Å². The third kappa shape index (κ3) is 2.59. The van der Waals surface area contributed by atoms with E-state index in [1.807, 2.05) is 0 Å². The van der Waals surface area contributed by atoms with Crippen LogP contribution in [-0.4, -0.2) is 0 Å². The first-order valence-corrected chi connectivity index (χ1v) is 5.50.